The summed E-state index contributed by atoms with van der Waals surface area (Å²) in [6.45, 7) is 5.81. The molecule has 0 aliphatic carbocycles. The smallest absolute Gasteiger partial charge is 0.338 e. The molecule has 0 saturated carbocycles. The maximum absolute atomic E-state index is 12.4. The summed E-state index contributed by atoms with van der Waals surface area (Å²) in [6.07, 6.45) is 0. The Kier molecular flexibility index (Phi) is 5.09. The Morgan fingerprint density at radius 1 is 1.19 bits per heavy atom. The van der Waals surface area contributed by atoms with Crippen molar-refractivity contribution in [1.29, 1.82) is 0 Å². The number of para-hydroxylation sites is 1. The summed E-state index contributed by atoms with van der Waals surface area (Å²) in [5.74, 6) is 0.325. The van der Waals surface area contributed by atoms with Crippen LogP contribution in [0.25, 0.3) is 22.0 Å². The lowest BCUT2D eigenvalue weighted by atomic mass is 9.94. The summed E-state index contributed by atoms with van der Waals surface area (Å²) in [5, 5.41) is 10.2. The molecule has 0 unspecified atom stereocenters. The molecule has 0 aliphatic heterocycles. The number of esters is 1. The van der Waals surface area contributed by atoms with Gasteiger partial charge in [0.1, 0.15) is 11.4 Å². The van der Waals surface area contributed by atoms with Crippen LogP contribution in [-0.4, -0.2) is 29.9 Å². The number of fused-ring (bicyclic) bond motifs is 1. The van der Waals surface area contributed by atoms with E-state index in [1.54, 1.807) is 14.0 Å². The van der Waals surface area contributed by atoms with Crippen molar-refractivity contribution in [2.24, 2.45) is 0 Å². The quantitative estimate of drug-likeness (QED) is 0.620. The molecule has 6 heteroatoms. The molecule has 134 valence electrons. The standard InChI is InChI=1S/C20H19ClN2O3/c1-5-26-20(24)16-11(2)10-14-17(12(16)3)19(21)23-22-18(14)13-8-6-7-9-15(13)25-4/h6-10H,5H2,1-4H3. The van der Waals surface area contributed by atoms with Gasteiger partial charge < -0.3 is 9.47 Å². The Bertz CT molecular complexity index is 1000. The van der Waals surface area contributed by atoms with Crippen molar-refractivity contribution in [2.45, 2.75) is 20.8 Å². The van der Waals surface area contributed by atoms with E-state index < -0.39 is 0 Å². The molecule has 3 aromatic rings. The third-order valence-corrected chi connectivity index (χ3v) is 4.58. The highest BCUT2D eigenvalue weighted by Gasteiger charge is 2.21. The number of aromatic nitrogens is 2. The van der Waals surface area contributed by atoms with Crippen LogP contribution in [0, 0.1) is 13.8 Å². The summed E-state index contributed by atoms with van der Waals surface area (Å²) in [6, 6.07) is 9.48. The molecule has 26 heavy (non-hydrogen) atoms. The lowest BCUT2D eigenvalue weighted by Gasteiger charge is -2.15. The van der Waals surface area contributed by atoms with E-state index in [1.807, 2.05) is 44.2 Å². The summed E-state index contributed by atoms with van der Waals surface area (Å²) in [7, 11) is 1.61. The van der Waals surface area contributed by atoms with Gasteiger partial charge in [-0.15, -0.1) is 10.2 Å². The van der Waals surface area contributed by atoms with Gasteiger partial charge in [-0.25, -0.2) is 4.79 Å². The van der Waals surface area contributed by atoms with Crippen LogP contribution in [-0.2, 0) is 4.74 Å². The molecule has 0 saturated heterocycles. The summed E-state index contributed by atoms with van der Waals surface area (Å²) >= 11 is 6.34. The van der Waals surface area contributed by atoms with Crippen LogP contribution in [0.2, 0.25) is 5.15 Å². The number of benzene rings is 2. The number of nitrogens with zero attached hydrogens (tertiary/aromatic N) is 2. The first-order chi connectivity index (χ1) is 12.5. The van der Waals surface area contributed by atoms with Crippen molar-refractivity contribution in [2.75, 3.05) is 13.7 Å². The topological polar surface area (TPSA) is 61.3 Å². The van der Waals surface area contributed by atoms with Gasteiger partial charge >= 0.3 is 5.97 Å². The van der Waals surface area contributed by atoms with Gasteiger partial charge in [-0.05, 0) is 50.1 Å². The lowest BCUT2D eigenvalue weighted by molar-refractivity contribution is 0.0525. The molecule has 0 spiro atoms. The van der Waals surface area contributed by atoms with E-state index in [1.165, 1.54) is 0 Å². The van der Waals surface area contributed by atoms with E-state index in [4.69, 9.17) is 21.1 Å². The first-order valence-electron chi connectivity index (χ1n) is 8.26. The molecule has 3 rings (SSSR count). The Hall–Kier alpha value is -2.66. The van der Waals surface area contributed by atoms with E-state index in [-0.39, 0.29) is 11.1 Å². The van der Waals surface area contributed by atoms with Crippen molar-refractivity contribution in [3.8, 4) is 17.0 Å². The van der Waals surface area contributed by atoms with Crippen molar-refractivity contribution in [3.05, 3.63) is 52.2 Å². The van der Waals surface area contributed by atoms with Gasteiger partial charge in [0, 0.05) is 16.3 Å². The van der Waals surface area contributed by atoms with E-state index in [2.05, 4.69) is 10.2 Å². The third kappa shape index (κ3) is 2.99. The van der Waals surface area contributed by atoms with E-state index in [0.29, 0.717) is 29.0 Å². The molecule has 1 heterocycles. The van der Waals surface area contributed by atoms with E-state index in [9.17, 15) is 4.79 Å². The Morgan fingerprint density at radius 2 is 1.92 bits per heavy atom. The second kappa shape index (κ2) is 7.30. The molecule has 5 nitrogen and oxygen atoms in total. The average Bonchev–Trinajstić information content (AvgIpc) is 2.62. The fourth-order valence-corrected chi connectivity index (χ4v) is 3.47. The Balaban J connectivity index is 2.36. The van der Waals surface area contributed by atoms with Crippen LogP contribution < -0.4 is 4.74 Å². The highest BCUT2D eigenvalue weighted by Crippen LogP contribution is 2.38. The van der Waals surface area contributed by atoms with Gasteiger partial charge in [0.05, 0.1) is 19.3 Å². The van der Waals surface area contributed by atoms with Crippen molar-refractivity contribution in [3.63, 3.8) is 0 Å². The molecular formula is C20H19ClN2O3. The highest BCUT2D eigenvalue weighted by molar-refractivity contribution is 6.35. The fourth-order valence-electron chi connectivity index (χ4n) is 3.19. The average molecular weight is 371 g/mol. The molecule has 0 N–H and O–H groups in total. The van der Waals surface area contributed by atoms with Gasteiger partial charge in [-0.1, -0.05) is 23.7 Å². The van der Waals surface area contributed by atoms with Crippen LogP contribution in [0.4, 0.5) is 0 Å². The zero-order chi connectivity index (χ0) is 18.8. The zero-order valence-electron chi connectivity index (χ0n) is 15.1. The lowest BCUT2D eigenvalue weighted by Crippen LogP contribution is -2.10. The first-order valence-corrected chi connectivity index (χ1v) is 8.64. The largest absolute Gasteiger partial charge is 0.496 e. The molecule has 2 aromatic carbocycles. The number of ether oxygens (including phenoxy) is 2. The molecule has 0 radical (unpaired) electrons. The monoisotopic (exact) mass is 370 g/mol. The predicted octanol–water partition coefficient (Wildman–Crippen LogP) is 4.75. The van der Waals surface area contributed by atoms with Crippen molar-refractivity contribution >= 4 is 28.3 Å². The van der Waals surface area contributed by atoms with Gasteiger partial charge in [0.2, 0.25) is 0 Å². The zero-order valence-corrected chi connectivity index (χ0v) is 15.8. The Labute approximate surface area is 156 Å². The number of hydrogen-bond acceptors (Lipinski definition) is 5. The Morgan fingerprint density at radius 3 is 2.62 bits per heavy atom. The summed E-state index contributed by atoms with van der Waals surface area (Å²) in [4.78, 5) is 12.4. The summed E-state index contributed by atoms with van der Waals surface area (Å²) < 4.78 is 10.7. The maximum Gasteiger partial charge on any atom is 0.338 e. The van der Waals surface area contributed by atoms with Gasteiger partial charge in [0.15, 0.2) is 5.15 Å². The van der Waals surface area contributed by atoms with Crippen LogP contribution in [0.5, 0.6) is 5.75 Å². The molecule has 1 aromatic heterocycles. The number of halogens is 1. The molecule has 0 atom stereocenters. The molecule has 0 amide bonds. The highest BCUT2D eigenvalue weighted by atomic mass is 35.5. The molecular weight excluding hydrogens is 352 g/mol. The van der Waals surface area contributed by atoms with Crippen LogP contribution >= 0.6 is 11.6 Å². The van der Waals surface area contributed by atoms with Crippen molar-refractivity contribution in [1.82, 2.24) is 10.2 Å². The molecule has 0 aliphatic rings. The SMILES string of the molecule is CCOC(=O)c1c(C)cc2c(-c3ccccc3OC)nnc(Cl)c2c1C. The van der Waals surface area contributed by atoms with Crippen LogP contribution in [0.15, 0.2) is 30.3 Å². The fraction of sp³-hybridized carbons (Fsp3) is 0.250. The van der Waals surface area contributed by atoms with Gasteiger partial charge in [-0.2, -0.15) is 0 Å². The number of aryl methyl sites for hydroxylation is 2. The predicted molar refractivity (Wildman–Crippen MR) is 102 cm³/mol. The van der Waals surface area contributed by atoms with E-state index in [0.717, 1.165) is 22.1 Å². The van der Waals surface area contributed by atoms with Crippen molar-refractivity contribution < 1.29 is 14.3 Å². The normalized spacial score (nSPS) is 10.8. The minimum absolute atomic E-state index is 0.252. The number of methoxy groups -OCH3 is 1. The maximum atomic E-state index is 12.4. The number of carbonyl (C=O) groups excluding carboxylic acids is 1. The van der Waals surface area contributed by atoms with Gasteiger partial charge in [-0.3, -0.25) is 0 Å². The minimum Gasteiger partial charge on any atom is -0.496 e. The second-order valence-electron chi connectivity index (χ2n) is 5.88. The first kappa shape index (κ1) is 18.1. The number of carbonyl (C=O) groups is 1. The van der Waals surface area contributed by atoms with E-state index >= 15 is 0 Å². The second-order valence-corrected chi connectivity index (χ2v) is 6.23. The molecule has 0 fully saturated rings. The third-order valence-electron chi connectivity index (χ3n) is 4.32. The molecule has 0 bridgehead atoms. The van der Waals surface area contributed by atoms with Gasteiger partial charge in [0.25, 0.3) is 0 Å². The van der Waals surface area contributed by atoms with Crippen LogP contribution in [0.3, 0.4) is 0 Å². The minimum atomic E-state index is -0.365. The van der Waals surface area contributed by atoms with Crippen LogP contribution in [0.1, 0.15) is 28.4 Å². The summed E-state index contributed by atoms with van der Waals surface area (Å²) in [5.41, 5.74) is 3.51. The number of hydrogen-bond donors (Lipinski definition) is 0. The number of rotatable bonds is 4.